The molecule has 21 heavy (non-hydrogen) atoms. The first-order chi connectivity index (χ1) is 9.83. The minimum absolute atomic E-state index is 0.0393. The Morgan fingerprint density at radius 2 is 2.14 bits per heavy atom. The molecule has 0 bridgehead atoms. The van der Waals surface area contributed by atoms with Gasteiger partial charge in [-0.05, 0) is 13.0 Å². The van der Waals surface area contributed by atoms with E-state index < -0.39 is 14.9 Å². The van der Waals surface area contributed by atoms with Crippen LogP contribution in [0.4, 0.5) is 11.6 Å². The molecule has 112 valence electrons. The van der Waals surface area contributed by atoms with E-state index in [0.29, 0.717) is 5.56 Å². The molecule has 1 heterocycles. The molecule has 0 spiro atoms. The summed E-state index contributed by atoms with van der Waals surface area (Å²) >= 11 is 0. The van der Waals surface area contributed by atoms with E-state index in [2.05, 4.69) is 19.9 Å². The van der Waals surface area contributed by atoms with Crippen LogP contribution in [0.2, 0.25) is 0 Å². The number of aromatic nitrogens is 3. The molecular formula is C10H11N5O5S. The Labute approximate surface area is 119 Å². The number of aryl methyl sites for hydroxylation is 1. The first-order valence-electron chi connectivity index (χ1n) is 5.58. The van der Waals surface area contributed by atoms with Gasteiger partial charge in [-0.25, -0.2) is 18.2 Å². The fraction of sp³-hybridized carbons (Fsp3) is 0.200. The predicted molar refractivity (Wildman–Crippen MR) is 71.6 cm³/mol. The van der Waals surface area contributed by atoms with E-state index >= 15 is 0 Å². The van der Waals surface area contributed by atoms with Gasteiger partial charge in [0.15, 0.2) is 0 Å². The third-order valence-corrected chi connectivity index (χ3v) is 3.90. The number of nitrogens with zero attached hydrogens (tertiary/aromatic N) is 3. The summed E-state index contributed by atoms with van der Waals surface area (Å²) in [6.45, 7) is 1.52. The van der Waals surface area contributed by atoms with Crippen molar-refractivity contribution in [1.82, 2.24) is 15.2 Å². The Morgan fingerprint density at radius 1 is 1.43 bits per heavy atom. The Bertz CT molecular complexity index is 785. The number of benzene rings is 1. The minimum Gasteiger partial charge on any atom is -0.466 e. The smallest absolute Gasteiger partial charge is 0.336 e. The lowest BCUT2D eigenvalue weighted by Crippen LogP contribution is -2.14. The average molecular weight is 313 g/mol. The fourth-order valence-corrected chi connectivity index (χ4v) is 2.50. The van der Waals surface area contributed by atoms with Gasteiger partial charge in [-0.15, -0.1) is 5.10 Å². The summed E-state index contributed by atoms with van der Waals surface area (Å²) in [7, 11) is -2.70. The second kappa shape index (κ2) is 5.36. The van der Waals surface area contributed by atoms with E-state index in [0.717, 1.165) is 6.07 Å². The quantitative estimate of drug-likeness (QED) is 0.615. The van der Waals surface area contributed by atoms with Gasteiger partial charge in [0, 0.05) is 11.6 Å². The summed E-state index contributed by atoms with van der Waals surface area (Å²) in [4.78, 5) is 13.6. The Balaban J connectivity index is 2.35. The SMILES string of the molecule is COc1n[nH]c(NS(=O)(=O)c2ccc(C)c([N+](=O)[O-])c2)n1. The van der Waals surface area contributed by atoms with Crippen LogP contribution in [-0.4, -0.2) is 35.6 Å². The van der Waals surface area contributed by atoms with Gasteiger partial charge in [-0.2, -0.15) is 4.98 Å². The van der Waals surface area contributed by atoms with Crippen molar-refractivity contribution < 1.29 is 18.1 Å². The van der Waals surface area contributed by atoms with Crippen LogP contribution < -0.4 is 9.46 Å². The molecule has 0 unspecified atom stereocenters. The third kappa shape index (κ3) is 3.08. The van der Waals surface area contributed by atoms with Crippen LogP contribution >= 0.6 is 0 Å². The maximum Gasteiger partial charge on any atom is 0.336 e. The Morgan fingerprint density at radius 3 is 2.71 bits per heavy atom. The number of hydrogen-bond donors (Lipinski definition) is 2. The monoisotopic (exact) mass is 313 g/mol. The second-order valence-corrected chi connectivity index (χ2v) is 5.66. The summed E-state index contributed by atoms with van der Waals surface area (Å²) in [6, 6.07) is 3.56. The van der Waals surface area contributed by atoms with Gasteiger partial charge in [0.2, 0.25) is 5.95 Å². The predicted octanol–water partition coefficient (Wildman–Crippen LogP) is 0.831. The van der Waals surface area contributed by atoms with Crippen molar-refractivity contribution in [2.24, 2.45) is 0 Å². The van der Waals surface area contributed by atoms with Crippen molar-refractivity contribution in [2.75, 3.05) is 11.8 Å². The van der Waals surface area contributed by atoms with Crippen LogP contribution in [0.15, 0.2) is 23.1 Å². The number of aromatic amines is 1. The average Bonchev–Trinajstić information content (AvgIpc) is 2.85. The topological polar surface area (TPSA) is 140 Å². The number of ether oxygens (including phenoxy) is 1. The zero-order valence-electron chi connectivity index (χ0n) is 11.0. The summed E-state index contributed by atoms with van der Waals surface area (Å²) in [5.74, 6) is -0.157. The maximum absolute atomic E-state index is 12.1. The first-order valence-corrected chi connectivity index (χ1v) is 7.06. The molecule has 0 aliphatic heterocycles. The Kier molecular flexibility index (Phi) is 3.76. The van der Waals surface area contributed by atoms with Crippen molar-refractivity contribution >= 4 is 21.7 Å². The normalized spacial score (nSPS) is 11.1. The molecule has 10 nitrogen and oxygen atoms in total. The van der Waals surface area contributed by atoms with E-state index in [1.54, 1.807) is 0 Å². The van der Waals surface area contributed by atoms with Crippen LogP contribution in [0.25, 0.3) is 0 Å². The van der Waals surface area contributed by atoms with E-state index in [1.807, 2.05) is 0 Å². The highest BCUT2D eigenvalue weighted by Gasteiger charge is 2.21. The number of nitro groups is 1. The highest BCUT2D eigenvalue weighted by atomic mass is 32.2. The summed E-state index contributed by atoms with van der Waals surface area (Å²) in [6.07, 6.45) is 0. The van der Waals surface area contributed by atoms with Crippen molar-refractivity contribution in [3.8, 4) is 6.01 Å². The number of anilines is 1. The molecular weight excluding hydrogens is 302 g/mol. The molecule has 0 saturated heterocycles. The van der Waals surface area contributed by atoms with Crippen LogP contribution in [0, 0.1) is 17.0 Å². The molecule has 0 fully saturated rings. The fourth-order valence-electron chi connectivity index (χ4n) is 1.52. The molecule has 2 N–H and O–H groups in total. The zero-order chi connectivity index (χ0) is 15.6. The summed E-state index contributed by atoms with van der Waals surface area (Å²) in [5, 5.41) is 16.7. The number of nitro benzene ring substituents is 1. The zero-order valence-corrected chi connectivity index (χ0v) is 11.8. The second-order valence-electron chi connectivity index (χ2n) is 3.98. The highest BCUT2D eigenvalue weighted by molar-refractivity contribution is 7.92. The van der Waals surface area contributed by atoms with Crippen molar-refractivity contribution in [2.45, 2.75) is 11.8 Å². The molecule has 2 aromatic rings. The molecule has 0 aliphatic carbocycles. The standard InChI is InChI=1S/C10H11N5O5S/c1-6-3-4-7(5-8(6)15(16)17)21(18,19)14-9-11-10(20-2)13-12-9/h3-5H,1-2H3,(H2,11,12,13,14). The number of nitrogens with one attached hydrogen (secondary N) is 2. The first kappa shape index (κ1) is 14.7. The number of rotatable bonds is 5. The van der Waals surface area contributed by atoms with Gasteiger partial charge < -0.3 is 4.74 Å². The van der Waals surface area contributed by atoms with E-state index in [4.69, 9.17) is 4.74 Å². The van der Waals surface area contributed by atoms with Gasteiger partial charge in [0.25, 0.3) is 15.7 Å². The largest absolute Gasteiger partial charge is 0.466 e. The lowest BCUT2D eigenvalue weighted by atomic mass is 10.2. The molecule has 11 heteroatoms. The number of sulfonamides is 1. The van der Waals surface area contributed by atoms with Gasteiger partial charge in [0.05, 0.1) is 16.9 Å². The summed E-state index contributed by atoms with van der Waals surface area (Å²) in [5.41, 5.74) is 0.0771. The molecule has 0 atom stereocenters. The van der Waals surface area contributed by atoms with Gasteiger partial charge in [-0.3, -0.25) is 10.1 Å². The lowest BCUT2D eigenvalue weighted by Gasteiger charge is -2.05. The third-order valence-electron chi connectivity index (χ3n) is 2.57. The lowest BCUT2D eigenvalue weighted by molar-refractivity contribution is -0.385. The van der Waals surface area contributed by atoms with Crippen molar-refractivity contribution in [3.63, 3.8) is 0 Å². The molecule has 0 radical (unpaired) electrons. The molecule has 1 aromatic carbocycles. The van der Waals surface area contributed by atoms with Gasteiger partial charge in [0.1, 0.15) is 0 Å². The van der Waals surface area contributed by atoms with Crippen LogP contribution in [0.3, 0.4) is 0 Å². The van der Waals surface area contributed by atoms with Gasteiger partial charge in [-0.1, -0.05) is 6.07 Å². The van der Waals surface area contributed by atoms with Crippen LogP contribution in [-0.2, 0) is 10.0 Å². The van der Waals surface area contributed by atoms with Gasteiger partial charge >= 0.3 is 6.01 Å². The number of methoxy groups -OCH3 is 1. The summed E-state index contributed by atoms with van der Waals surface area (Å²) < 4.78 is 31.1. The van der Waals surface area contributed by atoms with Crippen LogP contribution in [0.1, 0.15) is 5.56 Å². The Hall–Kier alpha value is -2.69. The number of hydrogen-bond acceptors (Lipinski definition) is 7. The van der Waals surface area contributed by atoms with Crippen molar-refractivity contribution in [3.05, 3.63) is 33.9 Å². The number of H-pyrrole nitrogens is 1. The van der Waals surface area contributed by atoms with E-state index in [1.165, 1.54) is 26.2 Å². The van der Waals surface area contributed by atoms with Crippen LogP contribution in [0.5, 0.6) is 6.01 Å². The molecule has 1 aromatic heterocycles. The maximum atomic E-state index is 12.1. The molecule has 0 amide bonds. The van der Waals surface area contributed by atoms with E-state index in [9.17, 15) is 18.5 Å². The minimum atomic E-state index is -4.02. The van der Waals surface area contributed by atoms with E-state index in [-0.39, 0.29) is 22.5 Å². The highest BCUT2D eigenvalue weighted by Crippen LogP contribution is 2.23. The molecule has 0 aliphatic rings. The molecule has 0 saturated carbocycles. The molecule has 2 rings (SSSR count). The van der Waals surface area contributed by atoms with Crippen molar-refractivity contribution in [1.29, 1.82) is 0 Å².